The molecule has 2 atom stereocenters. The molecular weight excluding hydrogens is 405 g/mol. The lowest BCUT2D eigenvalue weighted by Crippen LogP contribution is -2.47. The Morgan fingerprint density at radius 1 is 1.03 bits per heavy atom. The molecule has 2 aliphatic rings. The van der Waals surface area contributed by atoms with Crippen molar-refractivity contribution < 1.29 is 18.0 Å². The number of amides is 1. The summed E-state index contributed by atoms with van der Waals surface area (Å²) < 4.78 is 40.1. The van der Waals surface area contributed by atoms with Crippen molar-refractivity contribution in [3.63, 3.8) is 0 Å². The van der Waals surface area contributed by atoms with Crippen LogP contribution in [0, 0.1) is 0 Å². The first-order chi connectivity index (χ1) is 14.5. The van der Waals surface area contributed by atoms with Crippen LogP contribution in [0.15, 0.2) is 30.5 Å². The topological polar surface area (TPSA) is 51.0 Å². The molecule has 1 aromatic carbocycles. The quantitative estimate of drug-likeness (QED) is 0.686. The van der Waals surface area contributed by atoms with Crippen LogP contribution in [-0.2, 0) is 22.8 Å². The summed E-state index contributed by atoms with van der Waals surface area (Å²) in [5.74, 6) is 0.0971. The molecule has 168 valence electrons. The van der Waals surface area contributed by atoms with E-state index in [1.807, 2.05) is 15.8 Å². The van der Waals surface area contributed by atoms with E-state index in [0.717, 1.165) is 49.1 Å². The molecule has 2 bridgehead atoms. The zero-order chi connectivity index (χ0) is 22.4. The molecule has 1 amide bonds. The van der Waals surface area contributed by atoms with Gasteiger partial charge in [-0.05, 0) is 49.8 Å². The minimum Gasteiger partial charge on any atom is -0.337 e. The van der Waals surface area contributed by atoms with Crippen LogP contribution in [0.2, 0.25) is 0 Å². The largest absolute Gasteiger partial charge is 0.416 e. The van der Waals surface area contributed by atoms with E-state index < -0.39 is 11.7 Å². The molecule has 8 heteroatoms. The molecule has 5 nitrogen and oxygen atoms in total. The maximum atomic E-state index is 12.9. The van der Waals surface area contributed by atoms with Gasteiger partial charge in [0.15, 0.2) is 0 Å². The number of rotatable bonds is 4. The standard InChI is InChI=1S/C23H29F3N4O/c1-22(2,3)20-14-29(28-27-20)19-12-17-9-10-18(13-19)30(17)21(31)11-6-15-4-7-16(8-5-15)23(24,25)26/h4-5,7-8,14,17-19H,6,9-13H2,1-3H3. The highest BCUT2D eigenvalue weighted by atomic mass is 19.4. The number of carbonyl (C=O) groups excluding carboxylic acids is 1. The molecule has 31 heavy (non-hydrogen) atoms. The van der Waals surface area contributed by atoms with Gasteiger partial charge >= 0.3 is 6.18 Å². The van der Waals surface area contributed by atoms with Crippen molar-refractivity contribution in [1.29, 1.82) is 0 Å². The number of hydrogen-bond acceptors (Lipinski definition) is 3. The molecule has 1 aromatic heterocycles. The summed E-state index contributed by atoms with van der Waals surface area (Å²) in [6, 6.07) is 5.75. The fourth-order valence-corrected chi connectivity index (χ4v) is 4.81. The Morgan fingerprint density at radius 2 is 1.65 bits per heavy atom. The van der Waals surface area contributed by atoms with Gasteiger partial charge in [-0.15, -0.1) is 5.10 Å². The number of aryl methyl sites for hydroxylation is 1. The van der Waals surface area contributed by atoms with Crippen LogP contribution in [-0.4, -0.2) is 37.9 Å². The van der Waals surface area contributed by atoms with Crippen molar-refractivity contribution in [2.75, 3.05) is 0 Å². The predicted molar refractivity (Wildman–Crippen MR) is 110 cm³/mol. The summed E-state index contributed by atoms with van der Waals surface area (Å²) in [6.45, 7) is 6.34. The number of hydrogen-bond donors (Lipinski definition) is 0. The molecule has 2 unspecified atom stereocenters. The molecule has 0 radical (unpaired) electrons. The van der Waals surface area contributed by atoms with E-state index in [2.05, 4.69) is 31.1 Å². The van der Waals surface area contributed by atoms with Gasteiger partial charge in [-0.25, -0.2) is 4.68 Å². The number of nitrogens with zero attached hydrogens (tertiary/aromatic N) is 4. The molecule has 2 aliphatic heterocycles. The van der Waals surface area contributed by atoms with Crippen molar-refractivity contribution in [3.05, 3.63) is 47.3 Å². The van der Waals surface area contributed by atoms with Crippen LogP contribution in [0.5, 0.6) is 0 Å². The minimum atomic E-state index is -4.34. The normalized spacial score (nSPS) is 23.9. The van der Waals surface area contributed by atoms with Crippen LogP contribution < -0.4 is 0 Å². The van der Waals surface area contributed by atoms with E-state index >= 15 is 0 Å². The molecule has 3 heterocycles. The number of benzene rings is 1. The van der Waals surface area contributed by atoms with Crippen molar-refractivity contribution in [3.8, 4) is 0 Å². The lowest BCUT2D eigenvalue weighted by molar-refractivity contribution is -0.138. The van der Waals surface area contributed by atoms with Crippen molar-refractivity contribution in [2.45, 2.75) is 89.0 Å². The van der Waals surface area contributed by atoms with Gasteiger partial charge < -0.3 is 4.90 Å². The molecule has 0 saturated carbocycles. The minimum absolute atomic E-state index is 0.0494. The highest BCUT2D eigenvalue weighted by Crippen LogP contribution is 2.41. The van der Waals surface area contributed by atoms with E-state index in [-0.39, 0.29) is 29.4 Å². The van der Waals surface area contributed by atoms with E-state index in [1.54, 1.807) is 0 Å². The number of alkyl halides is 3. The van der Waals surface area contributed by atoms with E-state index in [9.17, 15) is 18.0 Å². The Balaban J connectivity index is 1.36. The summed E-state index contributed by atoms with van der Waals surface area (Å²) in [5.41, 5.74) is 1.01. The zero-order valence-electron chi connectivity index (χ0n) is 18.2. The maximum absolute atomic E-state index is 12.9. The summed E-state index contributed by atoms with van der Waals surface area (Å²) in [4.78, 5) is 15.0. The van der Waals surface area contributed by atoms with Gasteiger partial charge in [-0.2, -0.15) is 13.2 Å². The molecule has 0 spiro atoms. The number of fused-ring (bicyclic) bond motifs is 2. The van der Waals surface area contributed by atoms with Crippen molar-refractivity contribution >= 4 is 5.91 Å². The van der Waals surface area contributed by atoms with Gasteiger partial charge in [-0.3, -0.25) is 4.79 Å². The van der Waals surface area contributed by atoms with Crippen LogP contribution >= 0.6 is 0 Å². The van der Waals surface area contributed by atoms with Crippen LogP contribution in [0.4, 0.5) is 13.2 Å². The summed E-state index contributed by atoms with van der Waals surface area (Å²) >= 11 is 0. The molecule has 2 aromatic rings. The molecule has 2 saturated heterocycles. The summed E-state index contributed by atoms with van der Waals surface area (Å²) in [6.07, 6.45) is 2.20. The Kier molecular flexibility index (Phi) is 5.60. The first kappa shape index (κ1) is 21.8. The number of piperidine rings is 1. The SMILES string of the molecule is CC(C)(C)c1cn(C2CC3CCC(C2)N3C(=O)CCc2ccc(C(F)(F)F)cc2)nn1. The number of carbonyl (C=O) groups is 1. The third kappa shape index (κ3) is 4.62. The molecule has 4 rings (SSSR count). The fraction of sp³-hybridized carbons (Fsp3) is 0.609. The Morgan fingerprint density at radius 3 is 2.16 bits per heavy atom. The lowest BCUT2D eigenvalue weighted by Gasteiger charge is -2.39. The zero-order valence-corrected chi connectivity index (χ0v) is 18.2. The third-order valence-corrected chi connectivity index (χ3v) is 6.56. The van der Waals surface area contributed by atoms with Gasteiger partial charge in [0, 0.05) is 30.1 Å². The molecule has 0 N–H and O–H groups in total. The average molecular weight is 435 g/mol. The molecular formula is C23H29F3N4O. The van der Waals surface area contributed by atoms with Gasteiger partial charge in [0.05, 0.1) is 17.3 Å². The average Bonchev–Trinajstić information content (AvgIpc) is 3.29. The van der Waals surface area contributed by atoms with Crippen molar-refractivity contribution in [2.24, 2.45) is 0 Å². The first-order valence-electron chi connectivity index (χ1n) is 10.9. The highest BCUT2D eigenvalue weighted by molar-refractivity contribution is 5.77. The predicted octanol–water partition coefficient (Wildman–Crippen LogP) is 4.92. The summed E-state index contributed by atoms with van der Waals surface area (Å²) in [5, 5.41) is 8.69. The van der Waals surface area contributed by atoms with E-state index in [1.165, 1.54) is 12.1 Å². The van der Waals surface area contributed by atoms with Gasteiger partial charge in [0.2, 0.25) is 5.91 Å². The number of halogens is 3. The lowest BCUT2D eigenvalue weighted by atomic mass is 9.93. The van der Waals surface area contributed by atoms with Crippen LogP contribution in [0.1, 0.15) is 75.7 Å². The fourth-order valence-electron chi connectivity index (χ4n) is 4.81. The number of aromatic nitrogens is 3. The smallest absolute Gasteiger partial charge is 0.337 e. The van der Waals surface area contributed by atoms with E-state index in [0.29, 0.717) is 12.8 Å². The molecule has 2 fully saturated rings. The second-order valence-corrected chi connectivity index (χ2v) is 9.84. The van der Waals surface area contributed by atoms with Gasteiger partial charge in [0.25, 0.3) is 0 Å². The Bertz CT molecular complexity index is 916. The second-order valence-electron chi connectivity index (χ2n) is 9.84. The second kappa shape index (κ2) is 7.95. The molecule has 0 aliphatic carbocycles. The Hall–Kier alpha value is -2.38. The van der Waals surface area contributed by atoms with Gasteiger partial charge in [0.1, 0.15) is 0 Å². The van der Waals surface area contributed by atoms with E-state index in [4.69, 9.17) is 0 Å². The highest BCUT2D eigenvalue weighted by Gasteiger charge is 2.43. The monoisotopic (exact) mass is 434 g/mol. The third-order valence-electron chi connectivity index (χ3n) is 6.56. The van der Waals surface area contributed by atoms with Gasteiger partial charge in [-0.1, -0.05) is 38.1 Å². The maximum Gasteiger partial charge on any atom is 0.416 e. The summed E-state index contributed by atoms with van der Waals surface area (Å²) in [7, 11) is 0. The van der Waals surface area contributed by atoms with Crippen LogP contribution in [0.3, 0.4) is 0 Å². The first-order valence-corrected chi connectivity index (χ1v) is 10.9. The van der Waals surface area contributed by atoms with Crippen LogP contribution in [0.25, 0.3) is 0 Å². The Labute approximate surface area is 180 Å². The van der Waals surface area contributed by atoms with Crippen molar-refractivity contribution in [1.82, 2.24) is 19.9 Å².